The van der Waals surface area contributed by atoms with Gasteiger partial charge >= 0.3 is 0 Å². The molecule has 3 heterocycles. The number of carbonyl (C=O) groups is 3. The van der Waals surface area contributed by atoms with Gasteiger partial charge in [0.1, 0.15) is 23.0 Å². The lowest BCUT2D eigenvalue weighted by molar-refractivity contribution is -0.122. The Morgan fingerprint density at radius 2 is 1.57 bits per heavy atom. The third-order valence-electron chi connectivity index (χ3n) is 8.85. The van der Waals surface area contributed by atoms with Gasteiger partial charge in [-0.05, 0) is 41.0 Å². The number of ether oxygens (including phenoxy) is 2. The summed E-state index contributed by atoms with van der Waals surface area (Å²) < 4.78 is 11.0. The van der Waals surface area contributed by atoms with E-state index in [0.717, 1.165) is 11.1 Å². The fraction of sp³-hybridized carbons (Fsp3) is 0.171. The van der Waals surface area contributed by atoms with Crippen LogP contribution in [0.1, 0.15) is 43.4 Å². The molecule has 0 unspecified atom stereocenters. The molecule has 4 atom stereocenters. The predicted octanol–water partition coefficient (Wildman–Crippen LogP) is 5.69. The van der Waals surface area contributed by atoms with Crippen molar-refractivity contribution in [2.75, 3.05) is 19.5 Å². The molecular formula is C35H28N2O5. The molecule has 3 aliphatic rings. The highest BCUT2D eigenvalue weighted by atomic mass is 16.5. The van der Waals surface area contributed by atoms with Gasteiger partial charge in [-0.3, -0.25) is 14.4 Å². The van der Waals surface area contributed by atoms with E-state index < -0.39 is 23.4 Å². The summed E-state index contributed by atoms with van der Waals surface area (Å²) in [4.78, 5) is 46.0. The summed E-state index contributed by atoms with van der Waals surface area (Å²) in [6.07, 6.45) is 3.80. The molecule has 1 spiro atoms. The zero-order valence-corrected chi connectivity index (χ0v) is 23.1. The SMILES string of the molecule is COc1ccc(C(=O)[C@@H]2[C@@H](C(=O)c3ccccc3)[C@@]3(C(=O)Nc4ccccc43)[C@H]3c4ccccc4C=CN23)c(OC)c1. The molecule has 0 aromatic heterocycles. The minimum absolute atomic E-state index is 0.270. The number of amides is 1. The Bertz CT molecular complexity index is 1780. The molecule has 0 bridgehead atoms. The second-order valence-corrected chi connectivity index (χ2v) is 10.7. The first-order chi connectivity index (χ1) is 20.5. The van der Waals surface area contributed by atoms with Gasteiger partial charge < -0.3 is 19.7 Å². The summed E-state index contributed by atoms with van der Waals surface area (Å²) in [5.41, 5.74) is 2.55. The first kappa shape index (κ1) is 25.8. The lowest BCUT2D eigenvalue weighted by Crippen LogP contribution is -2.49. The number of nitrogens with zero attached hydrogens (tertiary/aromatic N) is 1. The summed E-state index contributed by atoms with van der Waals surface area (Å²) in [7, 11) is 3.04. The molecule has 208 valence electrons. The first-order valence-corrected chi connectivity index (χ1v) is 13.8. The third kappa shape index (κ3) is 3.49. The van der Waals surface area contributed by atoms with E-state index in [1.54, 1.807) is 49.6 Å². The van der Waals surface area contributed by atoms with Crippen LogP contribution in [0.15, 0.2) is 103 Å². The number of nitrogens with one attached hydrogen (secondary N) is 1. The van der Waals surface area contributed by atoms with E-state index in [1.807, 2.05) is 71.8 Å². The average molecular weight is 557 g/mol. The highest BCUT2D eigenvalue weighted by molar-refractivity contribution is 6.17. The van der Waals surface area contributed by atoms with E-state index >= 15 is 0 Å². The van der Waals surface area contributed by atoms with E-state index in [2.05, 4.69) is 5.32 Å². The van der Waals surface area contributed by atoms with Crippen LogP contribution < -0.4 is 14.8 Å². The summed E-state index contributed by atoms with van der Waals surface area (Å²) in [6.45, 7) is 0. The number of Topliss-reactive ketones (excluding diaryl/α,β-unsaturated/α-hetero) is 2. The lowest BCUT2D eigenvalue weighted by Gasteiger charge is -2.38. The Labute approximate surface area is 243 Å². The maximum absolute atomic E-state index is 14.8. The number of benzene rings is 4. The first-order valence-electron chi connectivity index (χ1n) is 13.8. The lowest BCUT2D eigenvalue weighted by atomic mass is 9.62. The van der Waals surface area contributed by atoms with Crippen molar-refractivity contribution in [3.05, 3.63) is 131 Å². The normalized spacial score (nSPS) is 23.1. The summed E-state index contributed by atoms with van der Waals surface area (Å²) in [5, 5.41) is 3.07. The van der Waals surface area contributed by atoms with Crippen LogP contribution in [0.2, 0.25) is 0 Å². The second-order valence-electron chi connectivity index (χ2n) is 10.7. The van der Waals surface area contributed by atoms with Crippen LogP contribution in [0.25, 0.3) is 6.08 Å². The molecule has 42 heavy (non-hydrogen) atoms. The number of hydrogen-bond donors (Lipinski definition) is 1. The number of rotatable bonds is 6. The van der Waals surface area contributed by atoms with Gasteiger partial charge in [0.05, 0.1) is 31.7 Å². The van der Waals surface area contributed by atoms with Crippen molar-refractivity contribution in [2.45, 2.75) is 17.5 Å². The number of anilines is 1. The molecule has 0 aliphatic carbocycles. The molecule has 7 heteroatoms. The second kappa shape index (κ2) is 9.73. The molecule has 1 saturated heterocycles. The molecule has 7 nitrogen and oxygen atoms in total. The third-order valence-corrected chi connectivity index (χ3v) is 8.85. The average Bonchev–Trinajstić information content (AvgIpc) is 3.52. The van der Waals surface area contributed by atoms with Crippen LogP contribution in [0.5, 0.6) is 11.5 Å². The Morgan fingerprint density at radius 1 is 0.833 bits per heavy atom. The monoisotopic (exact) mass is 556 g/mol. The molecule has 4 aromatic rings. The van der Waals surface area contributed by atoms with Gasteiger partial charge in [0.15, 0.2) is 11.6 Å². The van der Waals surface area contributed by atoms with E-state index in [0.29, 0.717) is 33.9 Å². The number of ketones is 2. The summed E-state index contributed by atoms with van der Waals surface area (Å²) in [6, 6.07) is 27.6. The van der Waals surface area contributed by atoms with E-state index in [4.69, 9.17) is 9.47 Å². The maximum Gasteiger partial charge on any atom is 0.238 e. The fourth-order valence-corrected chi connectivity index (χ4v) is 7.11. The van der Waals surface area contributed by atoms with Crippen LogP contribution in [-0.2, 0) is 10.2 Å². The summed E-state index contributed by atoms with van der Waals surface area (Å²) in [5.74, 6) is -1.06. The van der Waals surface area contributed by atoms with Crippen molar-refractivity contribution in [1.29, 1.82) is 0 Å². The Hall–Kier alpha value is -5.17. The van der Waals surface area contributed by atoms with Gasteiger partial charge in [0, 0.05) is 23.5 Å². The van der Waals surface area contributed by atoms with Crippen molar-refractivity contribution in [3.8, 4) is 11.5 Å². The molecule has 0 saturated carbocycles. The minimum Gasteiger partial charge on any atom is -0.497 e. The van der Waals surface area contributed by atoms with Crippen molar-refractivity contribution in [3.63, 3.8) is 0 Å². The van der Waals surface area contributed by atoms with Crippen LogP contribution >= 0.6 is 0 Å². The largest absolute Gasteiger partial charge is 0.497 e. The Balaban J connectivity index is 1.53. The van der Waals surface area contributed by atoms with Gasteiger partial charge in [-0.15, -0.1) is 0 Å². The summed E-state index contributed by atoms with van der Waals surface area (Å²) >= 11 is 0. The highest BCUT2D eigenvalue weighted by Crippen LogP contribution is 2.62. The van der Waals surface area contributed by atoms with Gasteiger partial charge in [-0.1, -0.05) is 72.8 Å². The Kier molecular flexibility index (Phi) is 5.97. The van der Waals surface area contributed by atoms with E-state index in [-0.39, 0.29) is 17.5 Å². The number of methoxy groups -OCH3 is 2. The van der Waals surface area contributed by atoms with Gasteiger partial charge in [-0.2, -0.15) is 0 Å². The van der Waals surface area contributed by atoms with Crippen molar-refractivity contribution in [2.24, 2.45) is 5.92 Å². The van der Waals surface area contributed by atoms with Crippen LogP contribution in [-0.4, -0.2) is 42.6 Å². The fourth-order valence-electron chi connectivity index (χ4n) is 7.11. The topological polar surface area (TPSA) is 84.9 Å². The predicted molar refractivity (Wildman–Crippen MR) is 159 cm³/mol. The number of carbonyl (C=O) groups excluding carboxylic acids is 3. The van der Waals surface area contributed by atoms with E-state index in [1.165, 1.54) is 7.11 Å². The quantitative estimate of drug-likeness (QED) is 0.308. The Morgan fingerprint density at radius 3 is 2.36 bits per heavy atom. The molecule has 1 amide bonds. The highest BCUT2D eigenvalue weighted by Gasteiger charge is 2.70. The number of hydrogen-bond acceptors (Lipinski definition) is 6. The van der Waals surface area contributed by atoms with Gasteiger partial charge in [0.2, 0.25) is 5.91 Å². The molecule has 4 aromatic carbocycles. The van der Waals surface area contributed by atoms with Gasteiger partial charge in [0.25, 0.3) is 0 Å². The van der Waals surface area contributed by atoms with E-state index in [9.17, 15) is 14.4 Å². The van der Waals surface area contributed by atoms with Crippen LogP contribution in [0.3, 0.4) is 0 Å². The van der Waals surface area contributed by atoms with Crippen molar-refractivity contribution in [1.82, 2.24) is 4.90 Å². The molecule has 3 aliphatic heterocycles. The maximum atomic E-state index is 14.8. The minimum atomic E-state index is -1.38. The number of para-hydroxylation sites is 1. The zero-order valence-electron chi connectivity index (χ0n) is 23.1. The standard InChI is InChI=1S/C35H28N2O5/c1-41-23-16-17-25(28(20-23)42-2)32(39)30-29(31(38)22-11-4-3-5-12-22)35(26-14-8-9-15-27(26)36-34(35)40)33-24-13-7-6-10-21(24)18-19-37(30)33/h3-20,29-30,33H,1-2H3,(H,36,40)/t29-,30-,33+,35+/m0/s1. The van der Waals surface area contributed by atoms with Crippen molar-refractivity contribution >= 4 is 29.2 Å². The van der Waals surface area contributed by atoms with Gasteiger partial charge in [-0.25, -0.2) is 0 Å². The molecule has 1 fully saturated rings. The van der Waals surface area contributed by atoms with Crippen molar-refractivity contribution < 1.29 is 23.9 Å². The zero-order chi connectivity index (χ0) is 29.0. The molecule has 1 N–H and O–H groups in total. The number of fused-ring (bicyclic) bond motifs is 6. The molecule has 7 rings (SSSR count). The van der Waals surface area contributed by atoms with Crippen LogP contribution in [0, 0.1) is 5.92 Å². The molecular weight excluding hydrogens is 528 g/mol. The smallest absolute Gasteiger partial charge is 0.238 e. The van der Waals surface area contributed by atoms with Crippen LogP contribution in [0.4, 0.5) is 5.69 Å². The molecule has 0 radical (unpaired) electrons.